The minimum Gasteiger partial charge on any atom is -0.241 e. The smallest absolute Gasteiger partial charge is 0.241 e. The fraction of sp³-hybridized carbons (Fsp3) is 0.800. The van der Waals surface area contributed by atoms with E-state index in [0.717, 1.165) is 13.8 Å². The van der Waals surface area contributed by atoms with E-state index in [9.17, 15) is 48.3 Å². The fourth-order valence-corrected chi connectivity index (χ4v) is 1.54. The third-order valence-electron chi connectivity index (χ3n) is 2.71. The fourth-order valence-electron chi connectivity index (χ4n) is 1.54. The van der Waals surface area contributed by atoms with E-state index < -0.39 is 53.7 Å². The summed E-state index contributed by atoms with van der Waals surface area (Å²) in [5.74, 6) is -13.9. The first kappa shape index (κ1) is 20.9. The number of rotatable bonds is 6. The van der Waals surface area contributed by atoms with Gasteiger partial charge >= 0.3 is 24.1 Å². The Labute approximate surface area is 117 Å². The molecule has 0 unspecified atom stereocenters. The van der Waals surface area contributed by atoms with E-state index in [2.05, 4.69) is 0 Å². The molecule has 0 aliphatic heterocycles. The Morgan fingerprint density at radius 2 is 1.14 bits per heavy atom. The molecule has 0 saturated carbocycles. The van der Waals surface area contributed by atoms with Crippen LogP contribution in [-0.4, -0.2) is 42.1 Å². The second kappa shape index (κ2) is 6.20. The molecule has 0 spiro atoms. The van der Waals surface area contributed by atoms with Gasteiger partial charge in [0.25, 0.3) is 6.08 Å². The van der Waals surface area contributed by atoms with Crippen molar-refractivity contribution in [2.45, 2.75) is 37.9 Å². The molecular weight excluding hydrogens is 343 g/mol. The third kappa shape index (κ3) is 3.30. The van der Waals surface area contributed by atoms with Crippen molar-refractivity contribution in [3.63, 3.8) is 0 Å². The summed E-state index contributed by atoms with van der Waals surface area (Å²) < 4.78 is 140. The van der Waals surface area contributed by atoms with Crippen LogP contribution in [0.5, 0.6) is 0 Å². The van der Waals surface area contributed by atoms with Gasteiger partial charge in [-0.25, -0.2) is 4.90 Å². The van der Waals surface area contributed by atoms with Gasteiger partial charge in [-0.3, -0.25) is 0 Å². The Hall–Kier alpha value is -1.07. The summed E-state index contributed by atoms with van der Waals surface area (Å²) in [7, 11) is 0. The van der Waals surface area contributed by atoms with Crippen molar-refractivity contribution in [1.82, 2.24) is 4.90 Å². The van der Waals surface area contributed by atoms with Crippen LogP contribution in [0.3, 0.4) is 0 Å². The van der Waals surface area contributed by atoms with Crippen LogP contribution in [0.25, 0.3) is 0 Å². The van der Waals surface area contributed by atoms with Gasteiger partial charge < -0.3 is 0 Å². The Bertz CT molecular complexity index is 415. The number of likely N-dealkylation sites (N-methyl/N-ethyl adjacent to an activating group) is 1. The monoisotopic (exact) mass is 353 g/mol. The molecule has 0 saturated heterocycles. The molecule has 0 bridgehead atoms. The summed E-state index contributed by atoms with van der Waals surface area (Å²) in [4.78, 5) is -0.401. The maximum Gasteiger partial charge on any atom is 0.460 e. The van der Waals surface area contributed by atoms with Gasteiger partial charge in [-0.2, -0.15) is 48.3 Å². The molecule has 0 aliphatic carbocycles. The van der Waals surface area contributed by atoms with E-state index in [1.807, 2.05) is 0 Å². The lowest BCUT2D eigenvalue weighted by molar-refractivity contribution is -0.351. The molecular formula is C10H10F11N. The largest absolute Gasteiger partial charge is 0.460 e. The lowest BCUT2D eigenvalue weighted by Crippen LogP contribution is -2.58. The average molecular weight is 353 g/mol. The minimum absolute atomic E-state index is 0.401. The number of alkyl halides is 9. The number of hydrogen-bond acceptors (Lipinski definition) is 1. The molecule has 0 fully saturated rings. The molecule has 0 aliphatic rings. The first-order chi connectivity index (χ1) is 9.58. The molecule has 0 atom stereocenters. The summed E-state index contributed by atoms with van der Waals surface area (Å²) >= 11 is 0. The molecule has 0 aromatic rings. The van der Waals surface area contributed by atoms with Crippen LogP contribution in [0, 0.1) is 0 Å². The summed E-state index contributed by atoms with van der Waals surface area (Å²) in [6, 6.07) is -5.40. The van der Waals surface area contributed by atoms with E-state index in [1.54, 1.807) is 0 Å². The van der Waals surface area contributed by atoms with Gasteiger partial charge in [0.2, 0.25) is 0 Å². The van der Waals surface area contributed by atoms with Crippen molar-refractivity contribution in [3.05, 3.63) is 11.7 Å². The normalized spacial score (nSPS) is 14.5. The number of hydrogen-bond donors (Lipinski definition) is 0. The van der Waals surface area contributed by atoms with Crippen molar-refractivity contribution in [3.8, 4) is 0 Å². The van der Waals surface area contributed by atoms with E-state index in [-0.39, 0.29) is 0 Å². The first-order valence-corrected chi connectivity index (χ1v) is 5.60. The van der Waals surface area contributed by atoms with E-state index in [0.29, 0.717) is 0 Å². The topological polar surface area (TPSA) is 3.24 Å². The van der Waals surface area contributed by atoms with Gasteiger partial charge in [-0.05, 0) is 0 Å². The number of halogens is 11. The highest BCUT2D eigenvalue weighted by Gasteiger charge is 2.78. The molecule has 1 nitrogen and oxygen atoms in total. The molecule has 0 aromatic carbocycles. The quantitative estimate of drug-likeness (QED) is 0.485. The van der Waals surface area contributed by atoms with Crippen LogP contribution < -0.4 is 0 Å². The van der Waals surface area contributed by atoms with Crippen LogP contribution in [0.2, 0.25) is 0 Å². The van der Waals surface area contributed by atoms with Gasteiger partial charge in [-0.15, -0.1) is 0 Å². The van der Waals surface area contributed by atoms with E-state index in [1.165, 1.54) is 0 Å². The van der Waals surface area contributed by atoms with E-state index >= 15 is 0 Å². The van der Waals surface area contributed by atoms with Crippen molar-refractivity contribution >= 4 is 0 Å². The average Bonchev–Trinajstić information content (AvgIpc) is 2.26. The van der Waals surface area contributed by atoms with Gasteiger partial charge in [0, 0.05) is 13.1 Å². The van der Waals surface area contributed by atoms with E-state index in [4.69, 9.17) is 0 Å². The zero-order valence-corrected chi connectivity index (χ0v) is 11.0. The Balaban J connectivity index is 6.29. The van der Waals surface area contributed by atoms with Gasteiger partial charge in [-0.1, -0.05) is 13.8 Å². The van der Waals surface area contributed by atoms with Crippen LogP contribution >= 0.6 is 0 Å². The highest BCUT2D eigenvalue weighted by Crippen LogP contribution is 2.54. The maximum atomic E-state index is 13.6. The number of nitrogens with zero attached hydrogens (tertiary/aromatic N) is 1. The van der Waals surface area contributed by atoms with Crippen molar-refractivity contribution in [2.24, 2.45) is 0 Å². The van der Waals surface area contributed by atoms with Crippen LogP contribution in [0.4, 0.5) is 48.3 Å². The Morgan fingerprint density at radius 3 is 1.36 bits per heavy atom. The first-order valence-electron chi connectivity index (χ1n) is 5.60. The second-order valence-electron chi connectivity index (χ2n) is 4.00. The molecule has 12 heteroatoms. The SMILES string of the molecule is CCN(CC)C(F)(F)C(=C(F)F)C(F)(F)C(F)(F)C(F)(F)F. The molecule has 0 rings (SSSR count). The maximum absolute atomic E-state index is 13.6. The lowest BCUT2D eigenvalue weighted by atomic mass is 9.99. The highest BCUT2D eigenvalue weighted by molar-refractivity contribution is 5.26. The summed E-state index contributed by atoms with van der Waals surface area (Å²) in [5.41, 5.74) is -3.87. The Morgan fingerprint density at radius 1 is 0.773 bits per heavy atom. The predicted octanol–water partition coefficient (Wildman–Crippen LogP) is 4.90. The summed E-state index contributed by atoms with van der Waals surface area (Å²) in [6.45, 7) is 0.0817. The summed E-state index contributed by atoms with van der Waals surface area (Å²) in [5, 5.41) is 0. The minimum atomic E-state index is -7.10. The van der Waals surface area contributed by atoms with Gasteiger partial charge in [0.1, 0.15) is 0 Å². The second-order valence-corrected chi connectivity index (χ2v) is 4.00. The molecule has 0 radical (unpaired) electrons. The predicted molar refractivity (Wildman–Crippen MR) is 53.1 cm³/mol. The van der Waals surface area contributed by atoms with Crippen LogP contribution in [-0.2, 0) is 0 Å². The van der Waals surface area contributed by atoms with Crippen LogP contribution in [0.1, 0.15) is 13.8 Å². The van der Waals surface area contributed by atoms with Crippen molar-refractivity contribution < 1.29 is 48.3 Å². The molecule has 0 N–H and O–H groups in total. The zero-order chi connectivity index (χ0) is 18.1. The van der Waals surface area contributed by atoms with Crippen LogP contribution in [0.15, 0.2) is 11.7 Å². The summed E-state index contributed by atoms with van der Waals surface area (Å²) in [6.07, 6.45) is -11.0. The van der Waals surface area contributed by atoms with Crippen molar-refractivity contribution in [2.75, 3.05) is 13.1 Å². The molecule has 0 amide bonds. The zero-order valence-electron chi connectivity index (χ0n) is 11.0. The molecule has 132 valence electrons. The highest BCUT2D eigenvalue weighted by atomic mass is 19.4. The molecule has 0 aromatic heterocycles. The van der Waals surface area contributed by atoms with Gasteiger partial charge in [0.15, 0.2) is 5.57 Å². The lowest BCUT2D eigenvalue weighted by Gasteiger charge is -2.36. The molecule has 22 heavy (non-hydrogen) atoms. The third-order valence-corrected chi connectivity index (χ3v) is 2.71. The standard InChI is InChI=1S/C10H10F11N/c1-3-22(4-2)8(15,16)5(6(11)12)7(13,14)9(17,18)10(19,20)21/h3-4H2,1-2H3. The van der Waals surface area contributed by atoms with Gasteiger partial charge in [0.05, 0.1) is 0 Å². The van der Waals surface area contributed by atoms with Crippen molar-refractivity contribution in [1.29, 1.82) is 0 Å². The molecule has 0 heterocycles. The Kier molecular flexibility index (Phi) is 5.90.